The molecule has 6 nitrogen and oxygen atoms in total. The van der Waals surface area contributed by atoms with Gasteiger partial charge in [0.25, 0.3) is 0 Å². The van der Waals surface area contributed by atoms with Gasteiger partial charge in [0.05, 0.1) is 6.04 Å². The molecule has 1 aromatic heterocycles. The van der Waals surface area contributed by atoms with E-state index in [9.17, 15) is 8.42 Å². The van der Waals surface area contributed by atoms with Gasteiger partial charge in [-0.15, -0.1) is 0 Å². The molecule has 0 bridgehead atoms. The number of hydrogen-bond acceptors (Lipinski definition) is 5. The normalized spacial score (nSPS) is 17.6. The molecule has 7 heteroatoms. The second kappa shape index (κ2) is 5.03. The van der Waals surface area contributed by atoms with Crippen molar-refractivity contribution >= 4 is 21.5 Å². The standard InChI is InChI=1S/C12H22N4O2S/c1-15(2)12-10(19(3,17)18)11(13)16(14-12)9-7-5-4-6-8-9/h9H,4-8,13H2,1-3H3. The molecule has 1 aliphatic rings. The average Bonchev–Trinajstić information content (AvgIpc) is 2.68. The summed E-state index contributed by atoms with van der Waals surface area (Å²) in [6, 6.07) is 0.225. The van der Waals surface area contributed by atoms with E-state index in [1.54, 1.807) is 23.7 Å². The van der Waals surface area contributed by atoms with E-state index >= 15 is 0 Å². The Labute approximate surface area is 114 Å². The lowest BCUT2D eigenvalue weighted by Crippen LogP contribution is -2.17. The summed E-state index contributed by atoms with van der Waals surface area (Å²) in [5.41, 5.74) is 6.05. The van der Waals surface area contributed by atoms with Gasteiger partial charge in [-0.2, -0.15) is 5.10 Å². The van der Waals surface area contributed by atoms with E-state index in [0.717, 1.165) is 25.7 Å². The molecule has 0 aromatic carbocycles. The lowest BCUT2D eigenvalue weighted by Gasteiger charge is -2.22. The summed E-state index contributed by atoms with van der Waals surface area (Å²) in [6.07, 6.45) is 6.74. The van der Waals surface area contributed by atoms with E-state index in [2.05, 4.69) is 5.10 Å². The van der Waals surface area contributed by atoms with Crippen molar-refractivity contribution in [2.45, 2.75) is 43.0 Å². The second-order valence-corrected chi connectivity index (χ2v) is 7.39. The Morgan fingerprint density at radius 3 is 2.26 bits per heavy atom. The third kappa shape index (κ3) is 2.70. The largest absolute Gasteiger partial charge is 0.383 e. The van der Waals surface area contributed by atoms with Gasteiger partial charge in [-0.3, -0.25) is 0 Å². The quantitative estimate of drug-likeness (QED) is 0.909. The van der Waals surface area contributed by atoms with Crippen LogP contribution in [0.1, 0.15) is 38.1 Å². The van der Waals surface area contributed by atoms with Crippen molar-refractivity contribution in [3.63, 3.8) is 0 Å². The van der Waals surface area contributed by atoms with Crippen LogP contribution in [-0.2, 0) is 9.84 Å². The maximum atomic E-state index is 11.9. The Balaban J connectivity index is 2.52. The summed E-state index contributed by atoms with van der Waals surface area (Å²) < 4.78 is 25.5. The molecule has 0 aliphatic heterocycles. The minimum atomic E-state index is -3.38. The number of nitrogen functional groups attached to an aromatic ring is 1. The van der Waals surface area contributed by atoms with Crippen molar-refractivity contribution in [2.24, 2.45) is 0 Å². The van der Waals surface area contributed by atoms with Gasteiger partial charge in [0.2, 0.25) is 0 Å². The third-order valence-electron chi connectivity index (χ3n) is 3.60. The highest BCUT2D eigenvalue weighted by Gasteiger charge is 2.28. The molecule has 1 saturated carbocycles. The van der Waals surface area contributed by atoms with Crippen LogP contribution in [-0.4, -0.2) is 38.5 Å². The number of aromatic nitrogens is 2. The predicted molar refractivity (Wildman–Crippen MR) is 76.2 cm³/mol. The van der Waals surface area contributed by atoms with Crippen molar-refractivity contribution in [1.29, 1.82) is 0 Å². The molecule has 1 aromatic rings. The SMILES string of the molecule is CN(C)c1nn(C2CCCCC2)c(N)c1S(C)(=O)=O. The van der Waals surface area contributed by atoms with Gasteiger partial charge in [-0.05, 0) is 12.8 Å². The first-order valence-electron chi connectivity index (χ1n) is 6.57. The fourth-order valence-corrected chi connectivity index (χ4v) is 3.70. The summed E-state index contributed by atoms with van der Waals surface area (Å²) >= 11 is 0. The number of nitrogens with zero attached hydrogens (tertiary/aromatic N) is 3. The molecule has 108 valence electrons. The first-order valence-corrected chi connectivity index (χ1v) is 8.47. The van der Waals surface area contributed by atoms with Gasteiger partial charge in [0.1, 0.15) is 5.82 Å². The molecular formula is C12H22N4O2S. The first-order chi connectivity index (χ1) is 8.82. The van der Waals surface area contributed by atoms with Crippen molar-refractivity contribution in [3.05, 3.63) is 0 Å². The number of nitrogens with two attached hydrogens (primary N) is 1. The van der Waals surface area contributed by atoms with Crippen LogP contribution in [0.5, 0.6) is 0 Å². The lowest BCUT2D eigenvalue weighted by molar-refractivity contribution is 0.333. The van der Waals surface area contributed by atoms with Crippen LogP contribution in [0.2, 0.25) is 0 Å². The van der Waals surface area contributed by atoms with Crippen LogP contribution >= 0.6 is 0 Å². The predicted octanol–water partition coefficient (Wildman–Crippen LogP) is 1.44. The number of anilines is 2. The Morgan fingerprint density at radius 2 is 1.84 bits per heavy atom. The van der Waals surface area contributed by atoms with Crippen molar-refractivity contribution < 1.29 is 8.42 Å². The summed E-state index contributed by atoms with van der Waals surface area (Å²) in [7, 11) is 0.182. The van der Waals surface area contributed by atoms with E-state index in [1.165, 1.54) is 12.7 Å². The monoisotopic (exact) mass is 286 g/mol. The fraction of sp³-hybridized carbons (Fsp3) is 0.750. The minimum absolute atomic E-state index is 0.156. The van der Waals surface area contributed by atoms with Gasteiger partial charge >= 0.3 is 0 Å². The van der Waals surface area contributed by atoms with Gasteiger partial charge < -0.3 is 10.6 Å². The Kier molecular flexibility index (Phi) is 3.75. The first kappa shape index (κ1) is 14.2. The van der Waals surface area contributed by atoms with Crippen LogP contribution in [0.4, 0.5) is 11.6 Å². The number of hydrogen-bond donors (Lipinski definition) is 1. The average molecular weight is 286 g/mol. The third-order valence-corrected chi connectivity index (χ3v) is 4.73. The molecular weight excluding hydrogens is 264 g/mol. The highest BCUT2D eigenvalue weighted by molar-refractivity contribution is 7.91. The maximum absolute atomic E-state index is 11.9. The summed E-state index contributed by atoms with van der Waals surface area (Å²) in [6.45, 7) is 0. The van der Waals surface area contributed by atoms with Crippen LogP contribution in [0, 0.1) is 0 Å². The van der Waals surface area contributed by atoms with Crippen molar-refractivity contribution in [2.75, 3.05) is 31.0 Å². The maximum Gasteiger partial charge on any atom is 0.182 e. The Hall–Kier alpha value is -1.24. The molecule has 0 atom stereocenters. The molecule has 2 rings (SSSR count). The van der Waals surface area contributed by atoms with Crippen molar-refractivity contribution in [1.82, 2.24) is 9.78 Å². The highest BCUT2D eigenvalue weighted by atomic mass is 32.2. The summed E-state index contributed by atoms with van der Waals surface area (Å²) in [5, 5.41) is 4.44. The molecule has 2 N–H and O–H groups in total. The molecule has 1 heterocycles. The van der Waals surface area contributed by atoms with Gasteiger partial charge in [-0.1, -0.05) is 19.3 Å². The second-order valence-electron chi connectivity index (χ2n) is 5.44. The summed E-state index contributed by atoms with van der Waals surface area (Å²) in [4.78, 5) is 1.86. The topological polar surface area (TPSA) is 81.2 Å². The van der Waals surface area contributed by atoms with Gasteiger partial charge in [0.15, 0.2) is 20.6 Å². The Morgan fingerprint density at radius 1 is 1.26 bits per heavy atom. The molecule has 0 unspecified atom stereocenters. The van der Waals surface area contributed by atoms with Gasteiger partial charge in [-0.25, -0.2) is 13.1 Å². The van der Waals surface area contributed by atoms with E-state index in [4.69, 9.17) is 5.73 Å². The fourth-order valence-electron chi connectivity index (χ4n) is 2.67. The number of sulfone groups is 1. The zero-order valence-electron chi connectivity index (χ0n) is 11.8. The molecule has 19 heavy (non-hydrogen) atoms. The van der Waals surface area contributed by atoms with E-state index < -0.39 is 9.84 Å². The minimum Gasteiger partial charge on any atom is -0.383 e. The van der Waals surface area contributed by atoms with E-state index in [0.29, 0.717) is 5.82 Å². The van der Waals surface area contributed by atoms with E-state index in [-0.39, 0.29) is 16.8 Å². The lowest BCUT2D eigenvalue weighted by atomic mass is 9.96. The van der Waals surface area contributed by atoms with Crippen molar-refractivity contribution in [3.8, 4) is 0 Å². The molecule has 0 radical (unpaired) electrons. The smallest absolute Gasteiger partial charge is 0.182 e. The molecule has 1 fully saturated rings. The van der Waals surface area contributed by atoms with Crippen LogP contribution in [0.3, 0.4) is 0 Å². The molecule has 0 spiro atoms. The zero-order chi connectivity index (χ0) is 14.2. The Bertz CT molecular complexity index is 557. The van der Waals surface area contributed by atoms with E-state index in [1.807, 2.05) is 0 Å². The van der Waals surface area contributed by atoms with Crippen LogP contribution < -0.4 is 10.6 Å². The van der Waals surface area contributed by atoms with Crippen LogP contribution in [0.25, 0.3) is 0 Å². The molecule has 1 aliphatic carbocycles. The molecule has 0 amide bonds. The van der Waals surface area contributed by atoms with Gasteiger partial charge in [0, 0.05) is 20.4 Å². The highest BCUT2D eigenvalue weighted by Crippen LogP contribution is 2.35. The molecule has 0 saturated heterocycles. The summed E-state index contributed by atoms with van der Waals surface area (Å²) in [5.74, 6) is 0.712. The number of rotatable bonds is 3. The zero-order valence-corrected chi connectivity index (χ0v) is 12.6. The van der Waals surface area contributed by atoms with Crippen LogP contribution in [0.15, 0.2) is 4.90 Å².